The lowest BCUT2D eigenvalue weighted by Gasteiger charge is -2.23. The van der Waals surface area contributed by atoms with Crippen LogP contribution in [-0.2, 0) is 9.53 Å². The van der Waals surface area contributed by atoms with Crippen LogP contribution >= 0.6 is 0 Å². The minimum Gasteiger partial charge on any atom is -0.388 e. The number of carbonyl (C=O) groups excluding carboxylic acids is 1. The molecule has 0 aliphatic heterocycles. The number of carbonyl (C=O) groups is 1. The molecule has 8 nitrogen and oxygen atoms in total. The highest BCUT2D eigenvalue weighted by atomic mass is 16.5. The summed E-state index contributed by atoms with van der Waals surface area (Å²) in [6.07, 6.45) is -4.29. The lowest BCUT2D eigenvalue weighted by Crippen LogP contribution is -2.45. The minimum absolute atomic E-state index is 0.218. The molecule has 0 aliphatic carbocycles. The van der Waals surface area contributed by atoms with Crippen LogP contribution in [-0.4, -0.2) is 59.7 Å². The van der Waals surface area contributed by atoms with Gasteiger partial charge in [0.25, 0.3) is 0 Å². The summed E-state index contributed by atoms with van der Waals surface area (Å²) < 4.78 is 4.72. The third-order valence-electron chi connectivity index (χ3n) is 1.82. The number of hydrogen-bond acceptors (Lipinski definition) is 6. The second kappa shape index (κ2) is 7.16. The predicted molar refractivity (Wildman–Crippen MR) is 48.9 cm³/mol. The van der Waals surface area contributed by atoms with E-state index in [0.29, 0.717) is 0 Å². The smallest absolute Gasteiger partial charge is 0.189 e. The number of aliphatic hydroxyl groups is 3. The molecule has 86 valence electrons. The first-order valence-electron chi connectivity index (χ1n) is 4.11. The molecule has 0 fully saturated rings. The van der Waals surface area contributed by atoms with Gasteiger partial charge >= 0.3 is 0 Å². The lowest BCUT2D eigenvalue weighted by molar-refractivity contribution is -0.142. The third kappa shape index (κ3) is 4.24. The maximum Gasteiger partial charge on any atom is 0.189 e. The van der Waals surface area contributed by atoms with Crippen LogP contribution in [0, 0.1) is 0 Å². The molecule has 0 aromatic carbocycles. The number of ether oxygens (including phenoxy) is 1. The quantitative estimate of drug-likeness (QED) is 0.274. The summed E-state index contributed by atoms with van der Waals surface area (Å²) in [5.74, 6) is -0.925. The van der Waals surface area contributed by atoms with Crippen molar-refractivity contribution in [3.63, 3.8) is 0 Å². The second-order valence-electron chi connectivity index (χ2n) is 2.75. The third-order valence-corrected chi connectivity index (χ3v) is 1.82. The molecule has 0 aromatic rings. The SMILES string of the molecule is CO[C@@H](CN=[N+]=[N-])[C@@H](O)[C@@H](O)C(=O)CO. The standard InChI is InChI=1S/C7H13N3O5/c1-15-5(2-9-10-8)7(14)6(13)4(12)3-11/h5-7,11,13-14H,2-3H2,1H3/t5-,6-,7+/m0/s1. The van der Waals surface area contributed by atoms with Gasteiger partial charge < -0.3 is 20.1 Å². The number of hydrogen-bond donors (Lipinski definition) is 3. The van der Waals surface area contributed by atoms with Crippen molar-refractivity contribution in [3.8, 4) is 0 Å². The van der Waals surface area contributed by atoms with Gasteiger partial charge in [0, 0.05) is 12.0 Å². The van der Waals surface area contributed by atoms with Gasteiger partial charge in [0.2, 0.25) is 0 Å². The van der Waals surface area contributed by atoms with Crippen LogP contribution < -0.4 is 0 Å². The molecule has 15 heavy (non-hydrogen) atoms. The van der Waals surface area contributed by atoms with Crippen molar-refractivity contribution in [2.24, 2.45) is 5.11 Å². The van der Waals surface area contributed by atoms with Gasteiger partial charge in [0.05, 0.1) is 12.6 Å². The molecule has 0 spiro atoms. The number of aliphatic hydroxyl groups excluding tert-OH is 3. The average molecular weight is 219 g/mol. The Kier molecular flexibility index (Phi) is 6.59. The molecule has 0 amide bonds. The van der Waals surface area contributed by atoms with Gasteiger partial charge in [-0.05, 0) is 5.53 Å². The normalized spacial score (nSPS) is 16.3. The molecule has 0 heterocycles. The zero-order valence-corrected chi connectivity index (χ0v) is 8.15. The molecule has 0 aromatic heterocycles. The van der Waals surface area contributed by atoms with E-state index < -0.39 is 30.7 Å². The Morgan fingerprint density at radius 2 is 2.20 bits per heavy atom. The van der Waals surface area contributed by atoms with Crippen molar-refractivity contribution >= 4 is 5.78 Å². The van der Waals surface area contributed by atoms with Crippen LogP contribution in [0.3, 0.4) is 0 Å². The maximum atomic E-state index is 10.8. The Morgan fingerprint density at radius 3 is 2.60 bits per heavy atom. The maximum absolute atomic E-state index is 10.8. The highest BCUT2D eigenvalue weighted by Gasteiger charge is 2.30. The lowest BCUT2D eigenvalue weighted by atomic mass is 10.0. The van der Waals surface area contributed by atoms with E-state index in [9.17, 15) is 15.0 Å². The Bertz CT molecular complexity index is 253. The van der Waals surface area contributed by atoms with E-state index in [4.69, 9.17) is 15.4 Å². The van der Waals surface area contributed by atoms with Crippen LogP contribution in [0.1, 0.15) is 0 Å². The molecular weight excluding hydrogens is 206 g/mol. The summed E-state index contributed by atoms with van der Waals surface area (Å²) in [7, 11) is 1.23. The molecule has 0 bridgehead atoms. The number of nitrogens with zero attached hydrogens (tertiary/aromatic N) is 3. The fourth-order valence-corrected chi connectivity index (χ4v) is 0.926. The molecule has 8 heteroatoms. The monoisotopic (exact) mass is 219 g/mol. The van der Waals surface area contributed by atoms with Crippen molar-refractivity contribution in [3.05, 3.63) is 10.4 Å². The number of rotatable bonds is 7. The van der Waals surface area contributed by atoms with Gasteiger partial charge in [-0.15, -0.1) is 0 Å². The summed E-state index contributed by atoms with van der Waals surface area (Å²) in [6, 6.07) is 0. The number of azide groups is 1. The Labute approximate surface area is 85.7 Å². The largest absolute Gasteiger partial charge is 0.388 e. The molecule has 3 N–H and O–H groups in total. The van der Waals surface area contributed by atoms with Crippen LogP contribution in [0.5, 0.6) is 0 Å². The van der Waals surface area contributed by atoms with Crippen LogP contribution in [0.15, 0.2) is 5.11 Å². The van der Waals surface area contributed by atoms with E-state index >= 15 is 0 Å². The van der Waals surface area contributed by atoms with E-state index in [-0.39, 0.29) is 6.54 Å². The summed E-state index contributed by atoms with van der Waals surface area (Å²) in [5.41, 5.74) is 8.04. The Hall–Kier alpha value is -1.18. The van der Waals surface area contributed by atoms with Crippen LogP contribution in [0.2, 0.25) is 0 Å². The first-order chi connectivity index (χ1) is 7.08. The van der Waals surface area contributed by atoms with Gasteiger partial charge in [-0.25, -0.2) is 0 Å². The topological polar surface area (TPSA) is 136 Å². The van der Waals surface area contributed by atoms with E-state index in [2.05, 4.69) is 10.0 Å². The van der Waals surface area contributed by atoms with E-state index in [1.54, 1.807) is 0 Å². The Balaban J connectivity index is 4.41. The highest BCUT2D eigenvalue weighted by molar-refractivity contribution is 5.84. The van der Waals surface area contributed by atoms with Crippen molar-refractivity contribution in [1.82, 2.24) is 0 Å². The van der Waals surface area contributed by atoms with E-state index in [1.165, 1.54) is 7.11 Å². The van der Waals surface area contributed by atoms with Gasteiger partial charge in [0.1, 0.15) is 18.8 Å². The van der Waals surface area contributed by atoms with Gasteiger partial charge in [-0.3, -0.25) is 4.79 Å². The summed E-state index contributed by atoms with van der Waals surface area (Å²) >= 11 is 0. The van der Waals surface area contributed by atoms with Crippen molar-refractivity contribution in [2.75, 3.05) is 20.3 Å². The van der Waals surface area contributed by atoms with E-state index in [1.807, 2.05) is 0 Å². The highest BCUT2D eigenvalue weighted by Crippen LogP contribution is 2.05. The van der Waals surface area contributed by atoms with Gasteiger partial charge in [-0.1, -0.05) is 5.11 Å². The van der Waals surface area contributed by atoms with Gasteiger partial charge in [-0.2, -0.15) is 0 Å². The molecule has 0 radical (unpaired) electrons. The summed E-state index contributed by atoms with van der Waals surface area (Å²) in [6.45, 7) is -1.10. The molecule has 3 atom stereocenters. The average Bonchev–Trinajstić information content (AvgIpc) is 2.27. The first-order valence-corrected chi connectivity index (χ1v) is 4.11. The number of methoxy groups -OCH3 is 1. The number of ketones is 1. The first kappa shape index (κ1) is 13.8. The molecular formula is C7H13N3O5. The molecule has 0 saturated carbocycles. The fourth-order valence-electron chi connectivity index (χ4n) is 0.926. The minimum atomic E-state index is -1.76. The van der Waals surface area contributed by atoms with Crippen LogP contribution in [0.4, 0.5) is 0 Å². The second-order valence-corrected chi connectivity index (χ2v) is 2.75. The molecule has 0 aliphatic rings. The molecule has 0 unspecified atom stereocenters. The molecule has 0 saturated heterocycles. The summed E-state index contributed by atoms with van der Waals surface area (Å²) in [4.78, 5) is 13.3. The van der Waals surface area contributed by atoms with Crippen LogP contribution in [0.25, 0.3) is 10.4 Å². The van der Waals surface area contributed by atoms with E-state index in [0.717, 1.165) is 0 Å². The zero-order chi connectivity index (χ0) is 11.8. The Morgan fingerprint density at radius 1 is 1.60 bits per heavy atom. The molecule has 0 rings (SSSR count). The van der Waals surface area contributed by atoms with Crippen molar-refractivity contribution < 1.29 is 24.9 Å². The predicted octanol–water partition coefficient (Wildman–Crippen LogP) is -1.41. The number of Topliss-reactive ketones (excluding diaryl/α,β-unsaturated/α-hetero) is 1. The van der Waals surface area contributed by atoms with Gasteiger partial charge in [0.15, 0.2) is 5.78 Å². The zero-order valence-electron chi connectivity index (χ0n) is 8.15. The van der Waals surface area contributed by atoms with Crippen molar-refractivity contribution in [2.45, 2.75) is 18.3 Å². The summed E-state index contributed by atoms with van der Waals surface area (Å²) in [5, 5.41) is 30.2. The fraction of sp³-hybridized carbons (Fsp3) is 0.857. The van der Waals surface area contributed by atoms with Crippen molar-refractivity contribution in [1.29, 1.82) is 0 Å².